The topological polar surface area (TPSA) is 52.6 Å². The molecule has 5 nitrogen and oxygen atoms in total. The van der Waals surface area contributed by atoms with Crippen LogP contribution in [0.15, 0.2) is 24.3 Å². The molecule has 0 bridgehead atoms. The Bertz CT molecular complexity index is 796. The van der Waals surface area contributed by atoms with E-state index in [1.165, 1.54) is 116 Å². The summed E-state index contributed by atoms with van der Waals surface area (Å²) >= 11 is 0. The van der Waals surface area contributed by atoms with Gasteiger partial charge in [0.2, 0.25) is 11.4 Å². The number of hydrogen-bond acceptors (Lipinski definition) is 4. The van der Waals surface area contributed by atoms with Crippen molar-refractivity contribution in [1.29, 1.82) is 0 Å². The summed E-state index contributed by atoms with van der Waals surface area (Å²) in [5.41, 5.74) is -1.68. The molecular formula is C44H84ClNO4. The quantitative estimate of drug-likeness (QED) is 0.0218. The molecule has 296 valence electrons. The first kappa shape index (κ1) is 50.8. The molecule has 0 spiro atoms. The molecule has 0 aliphatic heterocycles. The molecule has 0 N–H and O–H groups in total. The number of carbonyl (C=O) groups is 2. The van der Waals surface area contributed by atoms with E-state index in [0.29, 0.717) is 12.8 Å². The molecule has 6 heteroatoms. The number of esters is 2. The molecule has 0 heterocycles. The molecule has 50 heavy (non-hydrogen) atoms. The monoisotopic (exact) mass is 726 g/mol. The molecular weight excluding hydrogens is 642 g/mol. The lowest BCUT2D eigenvalue weighted by molar-refractivity contribution is -1.02. The lowest BCUT2D eigenvalue weighted by Crippen LogP contribution is -3.00. The Hall–Kier alpha value is -1.33. The highest BCUT2D eigenvalue weighted by atomic mass is 35.5. The fourth-order valence-corrected chi connectivity index (χ4v) is 6.22. The number of hydrogen-bond donors (Lipinski definition) is 0. The average molecular weight is 727 g/mol. The van der Waals surface area contributed by atoms with Crippen molar-refractivity contribution >= 4 is 11.9 Å². The minimum Gasteiger partial charge on any atom is -1.00 e. The number of allylic oxidation sites excluding steroid dienone is 4. The van der Waals surface area contributed by atoms with Gasteiger partial charge in [-0.2, -0.15) is 0 Å². The van der Waals surface area contributed by atoms with Gasteiger partial charge in [0, 0.05) is 40.5 Å². The molecule has 0 aromatic rings. The highest BCUT2D eigenvalue weighted by molar-refractivity contribution is 5.70. The number of quaternary nitrogens is 1. The second kappa shape index (κ2) is 32.3. The molecule has 0 unspecified atom stereocenters. The number of unbranched alkanes of at least 4 members (excludes halogenated alkanes) is 22. The van der Waals surface area contributed by atoms with E-state index >= 15 is 0 Å². The van der Waals surface area contributed by atoms with Crippen molar-refractivity contribution in [3.05, 3.63) is 24.3 Å². The first-order valence-electron chi connectivity index (χ1n) is 21.0. The molecule has 0 amide bonds. The van der Waals surface area contributed by atoms with Crippen LogP contribution in [0.3, 0.4) is 0 Å². The minimum absolute atomic E-state index is 0. The fraction of sp³-hybridized carbons (Fsp3) is 0.864. The van der Waals surface area contributed by atoms with Gasteiger partial charge < -0.3 is 21.9 Å². The second-order valence-corrected chi connectivity index (χ2v) is 16.0. The SMILES string of the molecule is CCCCCCCC/C=C\CCCCCCCC(=O)OC(C)(C)[N+](C)(C)C(C)(C)OC(=O)CCCCCCC/C=C\CCCCCCCC.[Cl-]. The van der Waals surface area contributed by atoms with Crippen molar-refractivity contribution in [2.75, 3.05) is 14.1 Å². The molecule has 0 aromatic heterocycles. The summed E-state index contributed by atoms with van der Waals surface area (Å²) in [6, 6.07) is 0. The summed E-state index contributed by atoms with van der Waals surface area (Å²) in [7, 11) is 3.95. The van der Waals surface area contributed by atoms with Gasteiger partial charge in [-0.1, -0.05) is 141 Å². The van der Waals surface area contributed by atoms with Crippen LogP contribution in [0.4, 0.5) is 0 Å². The normalized spacial score (nSPS) is 12.5. The Morgan fingerprint density at radius 1 is 0.440 bits per heavy atom. The van der Waals surface area contributed by atoms with Gasteiger partial charge in [-0.05, 0) is 64.2 Å². The highest BCUT2D eigenvalue weighted by Crippen LogP contribution is 2.34. The number of carbonyl (C=O) groups excluding carboxylic acids is 2. The van der Waals surface area contributed by atoms with Crippen molar-refractivity contribution in [2.45, 2.75) is 233 Å². The van der Waals surface area contributed by atoms with Crippen LogP contribution in [-0.2, 0) is 19.1 Å². The van der Waals surface area contributed by atoms with E-state index in [1.807, 2.05) is 41.8 Å². The molecule has 0 aromatic carbocycles. The predicted molar refractivity (Wildman–Crippen MR) is 211 cm³/mol. The van der Waals surface area contributed by atoms with E-state index in [0.717, 1.165) is 51.4 Å². The summed E-state index contributed by atoms with van der Waals surface area (Å²) < 4.78 is 12.2. The summed E-state index contributed by atoms with van der Waals surface area (Å²) in [4.78, 5) is 25.6. The van der Waals surface area contributed by atoms with Crippen LogP contribution >= 0.6 is 0 Å². The van der Waals surface area contributed by atoms with E-state index in [9.17, 15) is 9.59 Å². The average Bonchev–Trinajstić information content (AvgIpc) is 3.04. The number of halogens is 1. The standard InChI is InChI=1S/C44H84NO4.ClH/c1-9-11-13-15-17-19-21-23-25-27-29-31-33-35-37-39-41(46)48-43(3,4)45(7,8)44(5,6)49-42(47)40-38-36-34-32-30-28-26-24-22-20-18-16-14-12-10-2;/h23-26H,9-22,27-40H2,1-8H3;1H/q+1;/p-1/b25-23-,26-24-;. The summed E-state index contributed by atoms with van der Waals surface area (Å²) in [5, 5.41) is 0. The van der Waals surface area contributed by atoms with Crippen LogP contribution in [0.1, 0.15) is 221 Å². The molecule has 0 aliphatic rings. The van der Waals surface area contributed by atoms with Crippen molar-refractivity contribution in [3.63, 3.8) is 0 Å². The largest absolute Gasteiger partial charge is 1.00 e. The van der Waals surface area contributed by atoms with Gasteiger partial charge in [-0.15, -0.1) is 0 Å². The second-order valence-electron chi connectivity index (χ2n) is 16.0. The summed E-state index contributed by atoms with van der Waals surface area (Å²) in [5.74, 6) is -0.353. The molecule has 0 saturated carbocycles. The van der Waals surface area contributed by atoms with E-state index in [4.69, 9.17) is 9.47 Å². The third-order valence-corrected chi connectivity index (χ3v) is 10.7. The van der Waals surface area contributed by atoms with Gasteiger partial charge in [0.1, 0.15) is 0 Å². The predicted octanol–water partition coefficient (Wildman–Crippen LogP) is 10.7. The molecule has 0 aliphatic carbocycles. The minimum atomic E-state index is -0.841. The maximum atomic E-state index is 12.8. The lowest BCUT2D eigenvalue weighted by atomic mass is 10.1. The van der Waals surface area contributed by atoms with Gasteiger partial charge in [0.15, 0.2) is 0 Å². The van der Waals surface area contributed by atoms with Crippen LogP contribution in [0, 0.1) is 0 Å². The van der Waals surface area contributed by atoms with Crippen LogP contribution in [-0.4, -0.2) is 42.0 Å². The molecule has 0 saturated heterocycles. The Kier molecular flexibility index (Phi) is 32.8. The highest BCUT2D eigenvalue weighted by Gasteiger charge is 2.52. The zero-order chi connectivity index (χ0) is 36.7. The van der Waals surface area contributed by atoms with E-state index in [-0.39, 0.29) is 28.8 Å². The lowest BCUT2D eigenvalue weighted by Gasteiger charge is -2.51. The first-order chi connectivity index (χ1) is 23.4. The molecule has 0 rings (SSSR count). The third kappa shape index (κ3) is 26.4. The van der Waals surface area contributed by atoms with Crippen molar-refractivity contribution in [1.82, 2.24) is 0 Å². The number of ether oxygens (including phenoxy) is 2. The van der Waals surface area contributed by atoms with Crippen LogP contribution < -0.4 is 12.4 Å². The zero-order valence-corrected chi connectivity index (χ0v) is 35.3. The third-order valence-electron chi connectivity index (χ3n) is 10.7. The molecule has 0 atom stereocenters. The Morgan fingerprint density at radius 2 is 0.680 bits per heavy atom. The van der Waals surface area contributed by atoms with E-state index in [1.54, 1.807) is 0 Å². The van der Waals surface area contributed by atoms with Crippen molar-refractivity contribution in [2.24, 2.45) is 0 Å². The van der Waals surface area contributed by atoms with Crippen molar-refractivity contribution in [3.8, 4) is 0 Å². The zero-order valence-electron chi connectivity index (χ0n) is 34.6. The van der Waals surface area contributed by atoms with Gasteiger partial charge in [-0.3, -0.25) is 14.1 Å². The fourth-order valence-electron chi connectivity index (χ4n) is 6.22. The Balaban J connectivity index is 0. The first-order valence-corrected chi connectivity index (χ1v) is 21.0. The van der Waals surface area contributed by atoms with Crippen LogP contribution in [0.25, 0.3) is 0 Å². The van der Waals surface area contributed by atoms with E-state index < -0.39 is 11.4 Å². The Labute approximate surface area is 318 Å². The Morgan fingerprint density at radius 3 is 0.960 bits per heavy atom. The maximum absolute atomic E-state index is 12.8. The van der Waals surface area contributed by atoms with Crippen LogP contribution in [0.2, 0.25) is 0 Å². The number of nitrogens with zero attached hydrogens (tertiary/aromatic N) is 1. The molecule has 0 fully saturated rings. The van der Waals surface area contributed by atoms with E-state index in [2.05, 4.69) is 38.2 Å². The summed E-state index contributed by atoms with van der Waals surface area (Å²) in [6.45, 7) is 12.2. The van der Waals surface area contributed by atoms with Gasteiger partial charge >= 0.3 is 11.9 Å². The van der Waals surface area contributed by atoms with Crippen molar-refractivity contribution < 1.29 is 36.0 Å². The maximum Gasteiger partial charge on any atom is 0.310 e. The number of rotatable bonds is 34. The van der Waals surface area contributed by atoms with Gasteiger partial charge in [0.25, 0.3) is 0 Å². The van der Waals surface area contributed by atoms with Gasteiger partial charge in [-0.25, -0.2) is 0 Å². The smallest absolute Gasteiger partial charge is 0.310 e. The molecule has 0 radical (unpaired) electrons. The summed E-state index contributed by atoms with van der Waals surface area (Å²) in [6.07, 6.45) is 42.3. The van der Waals surface area contributed by atoms with Gasteiger partial charge in [0.05, 0.1) is 14.1 Å². The van der Waals surface area contributed by atoms with Crippen LogP contribution in [0.5, 0.6) is 0 Å².